The van der Waals surface area contributed by atoms with Gasteiger partial charge in [-0.05, 0) is 86.1 Å². The summed E-state index contributed by atoms with van der Waals surface area (Å²) in [5, 5.41) is 0. The predicted octanol–water partition coefficient (Wildman–Crippen LogP) is 5.99. The highest BCUT2D eigenvalue weighted by molar-refractivity contribution is 6.89. The molecule has 10 radical (unpaired) electrons. The summed E-state index contributed by atoms with van der Waals surface area (Å²) in [6.07, 6.45) is 24.0. The molecule has 0 nitrogen and oxygen atoms in total. The molecule has 0 N–H and O–H groups in total. The minimum absolute atomic E-state index is 1.32. The van der Waals surface area contributed by atoms with E-state index in [4.69, 9.17) is 0 Å². The monoisotopic (exact) mass is 322 g/mol. The van der Waals surface area contributed by atoms with E-state index < -0.39 is 8.07 Å². The molecule has 0 amide bonds. The molecule has 1 heteroatoms. The van der Waals surface area contributed by atoms with Crippen molar-refractivity contribution in [2.45, 2.75) is 77.3 Å². The van der Waals surface area contributed by atoms with E-state index in [1.165, 1.54) is 64.2 Å². The Morgan fingerprint density at radius 2 is 0.826 bits per heavy atom. The van der Waals surface area contributed by atoms with Gasteiger partial charge in [-0.3, -0.25) is 0 Å². The van der Waals surface area contributed by atoms with Crippen LogP contribution in [0.25, 0.3) is 0 Å². The zero-order valence-corrected chi connectivity index (χ0v) is 15.9. The van der Waals surface area contributed by atoms with Gasteiger partial charge in [0.2, 0.25) is 0 Å². The fraction of sp³-hybridized carbons (Fsp3) is 0.545. The fourth-order valence-corrected chi connectivity index (χ4v) is 7.11. The molecule has 4 aliphatic carbocycles. The van der Waals surface area contributed by atoms with Crippen molar-refractivity contribution in [3.63, 3.8) is 0 Å². The third kappa shape index (κ3) is 3.33. The first-order chi connectivity index (χ1) is 11.1. The molecule has 122 valence electrons. The summed E-state index contributed by atoms with van der Waals surface area (Å²) < 4.78 is 0. The zero-order valence-electron chi connectivity index (χ0n) is 14.9. The summed E-state index contributed by atoms with van der Waals surface area (Å²) in [4.78, 5) is 0. The predicted molar refractivity (Wildman–Crippen MR) is 100 cm³/mol. The Morgan fingerprint density at radius 1 is 0.522 bits per heavy atom. The van der Waals surface area contributed by atoms with E-state index in [-0.39, 0.29) is 0 Å². The first kappa shape index (κ1) is 16.7. The van der Waals surface area contributed by atoms with E-state index in [2.05, 4.69) is 38.8 Å². The SMILES string of the molecule is C[Si](C)([C]1[CH][C]2CCCCC[C]2[CH]1)[C]1[CH][C]2CCCCC[C]2[CH]1. The van der Waals surface area contributed by atoms with E-state index in [0.717, 1.165) is 0 Å². The summed E-state index contributed by atoms with van der Waals surface area (Å²) in [5.74, 6) is 6.69. The van der Waals surface area contributed by atoms with Crippen LogP contribution in [-0.4, -0.2) is 8.07 Å². The van der Waals surface area contributed by atoms with Crippen LogP contribution in [-0.2, 0) is 0 Å². The lowest BCUT2D eigenvalue weighted by molar-refractivity contribution is 0.705. The molecule has 0 bridgehead atoms. The second-order valence-corrected chi connectivity index (χ2v) is 12.7. The van der Waals surface area contributed by atoms with Crippen molar-refractivity contribution in [3.05, 3.63) is 60.4 Å². The molecule has 0 spiro atoms. The Kier molecular flexibility index (Phi) is 4.96. The van der Waals surface area contributed by atoms with Gasteiger partial charge >= 0.3 is 0 Å². The number of fused-ring (bicyclic) bond motifs is 2. The van der Waals surface area contributed by atoms with E-state index in [1.54, 1.807) is 34.8 Å². The third-order valence-electron chi connectivity index (χ3n) is 6.37. The molecule has 0 aromatic carbocycles. The van der Waals surface area contributed by atoms with Crippen molar-refractivity contribution < 1.29 is 0 Å². The molecule has 0 saturated heterocycles. The molecule has 0 unspecified atom stereocenters. The molecule has 0 aliphatic heterocycles. The lowest BCUT2D eigenvalue weighted by Crippen LogP contribution is -2.41. The molecule has 0 aromatic heterocycles. The van der Waals surface area contributed by atoms with Crippen molar-refractivity contribution in [1.29, 1.82) is 0 Å². The Labute approximate surface area is 146 Å². The summed E-state index contributed by atoms with van der Waals surface area (Å²) in [5.41, 5.74) is 3.37. The second-order valence-electron chi connectivity index (χ2n) is 8.34. The molecule has 0 aromatic rings. The number of hydrogen-bond acceptors (Lipinski definition) is 0. The van der Waals surface area contributed by atoms with Crippen molar-refractivity contribution in [1.82, 2.24) is 0 Å². The van der Waals surface area contributed by atoms with Gasteiger partial charge in [0.25, 0.3) is 0 Å². The van der Waals surface area contributed by atoms with Crippen LogP contribution in [0.4, 0.5) is 0 Å². The maximum Gasteiger partial charge on any atom is 0.0619 e. The maximum atomic E-state index is 2.59. The van der Waals surface area contributed by atoms with Crippen LogP contribution in [0.5, 0.6) is 0 Å². The molecule has 4 aliphatic rings. The molecule has 4 rings (SSSR count). The molecule has 4 fully saturated rings. The normalized spacial score (nSPS) is 31.0. The lowest BCUT2D eigenvalue weighted by atomic mass is 9.92. The van der Waals surface area contributed by atoms with Crippen LogP contribution in [0.15, 0.2) is 0 Å². The summed E-state index contributed by atoms with van der Waals surface area (Å²) in [6, 6.07) is 0. The topological polar surface area (TPSA) is 0 Å². The van der Waals surface area contributed by atoms with E-state index in [0.29, 0.717) is 0 Å². The van der Waals surface area contributed by atoms with Crippen LogP contribution in [0.2, 0.25) is 13.1 Å². The van der Waals surface area contributed by atoms with Crippen LogP contribution >= 0.6 is 0 Å². The summed E-state index contributed by atoms with van der Waals surface area (Å²) in [7, 11) is -1.52. The van der Waals surface area contributed by atoms with E-state index >= 15 is 0 Å². The Bertz CT molecular complexity index is 337. The molecule has 0 heterocycles. The van der Waals surface area contributed by atoms with Gasteiger partial charge in [-0.25, -0.2) is 0 Å². The van der Waals surface area contributed by atoms with Crippen LogP contribution < -0.4 is 0 Å². The van der Waals surface area contributed by atoms with Gasteiger partial charge in [0.05, 0.1) is 8.07 Å². The van der Waals surface area contributed by atoms with Crippen molar-refractivity contribution in [2.24, 2.45) is 0 Å². The summed E-state index contributed by atoms with van der Waals surface area (Å²) >= 11 is 0. The van der Waals surface area contributed by atoms with Crippen LogP contribution in [0.3, 0.4) is 0 Å². The highest BCUT2D eigenvalue weighted by Crippen LogP contribution is 2.56. The van der Waals surface area contributed by atoms with E-state index in [9.17, 15) is 0 Å². The van der Waals surface area contributed by atoms with Crippen LogP contribution in [0, 0.1) is 60.4 Å². The summed E-state index contributed by atoms with van der Waals surface area (Å²) in [6.45, 7) is 5.13. The second kappa shape index (κ2) is 6.85. The number of rotatable bonds is 2. The molecular formula is C22H30Si. The van der Waals surface area contributed by atoms with Gasteiger partial charge in [-0.15, -0.1) is 0 Å². The first-order valence-electron chi connectivity index (χ1n) is 9.72. The van der Waals surface area contributed by atoms with Gasteiger partial charge in [0.15, 0.2) is 0 Å². The average Bonchev–Trinajstić information content (AvgIpc) is 2.99. The Hall–Kier alpha value is 0.217. The minimum atomic E-state index is -1.52. The van der Waals surface area contributed by atoms with Gasteiger partial charge in [0, 0.05) is 0 Å². The average molecular weight is 323 g/mol. The highest BCUT2D eigenvalue weighted by Gasteiger charge is 2.51. The molecule has 0 atom stereocenters. The lowest BCUT2D eigenvalue weighted by Gasteiger charge is -2.35. The molecule has 4 saturated carbocycles. The first-order valence-corrected chi connectivity index (χ1v) is 12.7. The van der Waals surface area contributed by atoms with Crippen LogP contribution in [0.1, 0.15) is 64.2 Å². The highest BCUT2D eigenvalue weighted by atomic mass is 28.3. The Balaban J connectivity index is 1.42. The van der Waals surface area contributed by atoms with Crippen molar-refractivity contribution in [3.8, 4) is 0 Å². The van der Waals surface area contributed by atoms with E-state index in [1.807, 2.05) is 0 Å². The molecule has 23 heavy (non-hydrogen) atoms. The largest absolute Gasteiger partial charge is 0.0685 e. The number of hydrogen-bond donors (Lipinski definition) is 0. The van der Waals surface area contributed by atoms with Gasteiger partial charge in [-0.2, -0.15) is 0 Å². The minimum Gasteiger partial charge on any atom is -0.0685 e. The fourth-order valence-electron chi connectivity index (χ4n) is 4.64. The van der Waals surface area contributed by atoms with Crippen molar-refractivity contribution >= 4 is 8.07 Å². The standard InChI is InChI=1S/C22H30Si/c1-23(2,21-13-17-9-5-3-6-10-18(17)14-21)22-15-19-11-7-4-8-12-20(19)16-22/h13-16H,3-12H2,1-2H3. The van der Waals surface area contributed by atoms with Gasteiger partial charge in [0.1, 0.15) is 0 Å². The molecular weight excluding hydrogens is 292 g/mol. The van der Waals surface area contributed by atoms with Gasteiger partial charge in [-0.1, -0.05) is 51.6 Å². The zero-order chi connectivity index (χ0) is 15.9. The third-order valence-corrected chi connectivity index (χ3v) is 9.84. The Morgan fingerprint density at radius 3 is 1.13 bits per heavy atom. The van der Waals surface area contributed by atoms with Crippen molar-refractivity contribution in [2.75, 3.05) is 0 Å². The smallest absolute Gasteiger partial charge is 0.0619 e. The quantitative estimate of drug-likeness (QED) is 0.548. The van der Waals surface area contributed by atoms with Gasteiger partial charge < -0.3 is 0 Å². The maximum absolute atomic E-state index is 2.59.